The molecule has 4 nitrogen and oxygen atoms in total. The maximum atomic E-state index is 10.9. The van der Waals surface area contributed by atoms with Crippen LogP contribution in [0.5, 0.6) is 0 Å². The Morgan fingerprint density at radius 1 is 1.77 bits per heavy atom. The zero-order valence-corrected chi connectivity index (χ0v) is 7.37. The minimum atomic E-state index is -0.429. The molecule has 4 heteroatoms. The lowest BCUT2D eigenvalue weighted by Crippen LogP contribution is -2.31. The smallest absolute Gasteiger partial charge is 0.221 e. The highest BCUT2D eigenvalue weighted by molar-refractivity contribution is 5.90. The summed E-state index contributed by atoms with van der Waals surface area (Å²) in [5.74, 6) is -0.238. The normalized spacial score (nSPS) is 20.7. The molecule has 0 radical (unpaired) electrons. The van der Waals surface area contributed by atoms with E-state index in [9.17, 15) is 9.59 Å². The minimum absolute atomic E-state index is 0.0252. The Morgan fingerprint density at radius 2 is 2.46 bits per heavy atom. The number of rotatable bonds is 2. The van der Waals surface area contributed by atoms with Crippen LogP contribution in [0.25, 0.3) is 0 Å². The molecule has 0 fully saturated rings. The number of allylic oxidation sites excluding steroid dienone is 1. The third-order valence-electron chi connectivity index (χ3n) is 1.61. The Balaban J connectivity index is 2.53. The first-order valence-corrected chi connectivity index (χ1v) is 3.91. The topological polar surface area (TPSA) is 55.4 Å². The first-order chi connectivity index (χ1) is 6.09. The van der Waals surface area contributed by atoms with E-state index in [1.165, 1.54) is 19.3 Å². The SMILES string of the molecule is C=C(NC(C)=O)C1CC(=O)C=CO1. The Hall–Kier alpha value is -1.58. The van der Waals surface area contributed by atoms with Crippen molar-refractivity contribution in [3.63, 3.8) is 0 Å². The van der Waals surface area contributed by atoms with E-state index in [-0.39, 0.29) is 18.1 Å². The number of nitrogens with one attached hydrogen (secondary N) is 1. The van der Waals surface area contributed by atoms with Gasteiger partial charge in [0, 0.05) is 13.0 Å². The highest BCUT2D eigenvalue weighted by Gasteiger charge is 2.19. The second-order valence-corrected chi connectivity index (χ2v) is 2.80. The van der Waals surface area contributed by atoms with E-state index in [4.69, 9.17) is 4.74 Å². The second-order valence-electron chi connectivity index (χ2n) is 2.80. The molecule has 1 unspecified atom stereocenters. The molecule has 0 bridgehead atoms. The predicted octanol–water partition coefficient (Wildman–Crippen LogP) is 0.508. The first kappa shape index (κ1) is 9.51. The quantitative estimate of drug-likeness (QED) is 0.675. The molecule has 0 saturated carbocycles. The first-order valence-electron chi connectivity index (χ1n) is 3.91. The van der Waals surface area contributed by atoms with Gasteiger partial charge in [-0.2, -0.15) is 0 Å². The van der Waals surface area contributed by atoms with Crippen LogP contribution < -0.4 is 5.32 Å². The third-order valence-corrected chi connectivity index (χ3v) is 1.61. The van der Waals surface area contributed by atoms with Crippen LogP contribution in [0.3, 0.4) is 0 Å². The van der Waals surface area contributed by atoms with Gasteiger partial charge in [-0.3, -0.25) is 9.59 Å². The molecule has 70 valence electrons. The van der Waals surface area contributed by atoms with Crippen molar-refractivity contribution < 1.29 is 14.3 Å². The number of amides is 1. The molecule has 0 aromatic carbocycles. The largest absolute Gasteiger partial charge is 0.491 e. The molecule has 0 aliphatic carbocycles. The molecular weight excluding hydrogens is 170 g/mol. The lowest BCUT2D eigenvalue weighted by molar-refractivity contribution is -0.120. The minimum Gasteiger partial charge on any atom is -0.491 e. The van der Waals surface area contributed by atoms with E-state index in [1.807, 2.05) is 0 Å². The van der Waals surface area contributed by atoms with Gasteiger partial charge >= 0.3 is 0 Å². The van der Waals surface area contributed by atoms with Gasteiger partial charge in [-0.25, -0.2) is 0 Å². The van der Waals surface area contributed by atoms with Crippen molar-refractivity contribution in [1.82, 2.24) is 5.32 Å². The van der Waals surface area contributed by atoms with E-state index < -0.39 is 6.10 Å². The molecule has 0 saturated heterocycles. The third kappa shape index (κ3) is 2.74. The van der Waals surface area contributed by atoms with Gasteiger partial charge in [-0.15, -0.1) is 0 Å². The molecule has 13 heavy (non-hydrogen) atoms. The van der Waals surface area contributed by atoms with Gasteiger partial charge < -0.3 is 10.1 Å². The van der Waals surface area contributed by atoms with E-state index in [0.29, 0.717) is 5.70 Å². The Bertz CT molecular complexity index is 281. The van der Waals surface area contributed by atoms with Crippen molar-refractivity contribution in [2.75, 3.05) is 0 Å². The fourth-order valence-electron chi connectivity index (χ4n) is 1.02. The average molecular weight is 181 g/mol. The molecule has 1 aliphatic rings. The van der Waals surface area contributed by atoms with Crippen LogP contribution in [0.15, 0.2) is 24.6 Å². The monoisotopic (exact) mass is 181 g/mol. The van der Waals surface area contributed by atoms with Gasteiger partial charge in [0.15, 0.2) is 5.78 Å². The molecule has 0 spiro atoms. The van der Waals surface area contributed by atoms with E-state index >= 15 is 0 Å². The molecule has 0 aromatic rings. The van der Waals surface area contributed by atoms with Crippen molar-refractivity contribution in [2.24, 2.45) is 0 Å². The second kappa shape index (κ2) is 3.89. The summed E-state index contributed by atoms with van der Waals surface area (Å²) in [4.78, 5) is 21.6. The predicted molar refractivity (Wildman–Crippen MR) is 46.6 cm³/mol. The summed E-state index contributed by atoms with van der Waals surface area (Å²) in [5.41, 5.74) is 0.421. The van der Waals surface area contributed by atoms with Crippen molar-refractivity contribution in [3.8, 4) is 0 Å². The Labute approximate surface area is 76.3 Å². The zero-order valence-electron chi connectivity index (χ0n) is 7.37. The van der Waals surface area contributed by atoms with Crippen molar-refractivity contribution in [1.29, 1.82) is 0 Å². The van der Waals surface area contributed by atoms with E-state index in [2.05, 4.69) is 11.9 Å². The summed E-state index contributed by atoms with van der Waals surface area (Å²) in [5, 5.41) is 2.49. The van der Waals surface area contributed by atoms with Crippen molar-refractivity contribution in [2.45, 2.75) is 19.4 Å². The molecule has 1 amide bonds. The van der Waals surface area contributed by atoms with Gasteiger partial charge in [0.2, 0.25) is 5.91 Å². The number of ketones is 1. The number of carbonyl (C=O) groups excluding carboxylic acids is 2. The zero-order chi connectivity index (χ0) is 9.84. The summed E-state index contributed by atoms with van der Waals surface area (Å²) in [6.45, 7) is 4.99. The summed E-state index contributed by atoms with van der Waals surface area (Å²) >= 11 is 0. The molecule has 1 rings (SSSR count). The maximum Gasteiger partial charge on any atom is 0.221 e. The summed E-state index contributed by atoms with van der Waals surface area (Å²) in [7, 11) is 0. The van der Waals surface area contributed by atoms with Gasteiger partial charge in [0.1, 0.15) is 6.10 Å². The molecule has 0 aromatic heterocycles. The fraction of sp³-hybridized carbons (Fsp3) is 0.333. The van der Waals surface area contributed by atoms with Gasteiger partial charge in [-0.1, -0.05) is 6.58 Å². The lowest BCUT2D eigenvalue weighted by atomic mass is 10.1. The van der Waals surface area contributed by atoms with Crippen LogP contribution in [0.1, 0.15) is 13.3 Å². The fourth-order valence-corrected chi connectivity index (χ4v) is 1.02. The van der Waals surface area contributed by atoms with Crippen LogP contribution in [0.2, 0.25) is 0 Å². The Morgan fingerprint density at radius 3 is 3.00 bits per heavy atom. The molecule has 1 atom stereocenters. The molecule has 1 aliphatic heterocycles. The van der Waals surface area contributed by atoms with E-state index in [1.54, 1.807) is 0 Å². The number of carbonyl (C=O) groups is 2. The van der Waals surface area contributed by atoms with Crippen LogP contribution in [-0.4, -0.2) is 17.8 Å². The standard InChI is InChI=1S/C9H11NO3/c1-6(10-7(2)11)9-5-8(12)3-4-13-9/h3-4,9H,1,5H2,2H3,(H,10,11). The van der Waals surface area contributed by atoms with Gasteiger partial charge in [0.25, 0.3) is 0 Å². The van der Waals surface area contributed by atoms with Gasteiger partial charge in [0.05, 0.1) is 18.4 Å². The molecule has 1 heterocycles. The van der Waals surface area contributed by atoms with Crippen molar-refractivity contribution >= 4 is 11.7 Å². The van der Waals surface area contributed by atoms with Crippen LogP contribution in [-0.2, 0) is 14.3 Å². The van der Waals surface area contributed by atoms with Crippen LogP contribution in [0, 0.1) is 0 Å². The molecular formula is C9H11NO3. The summed E-state index contributed by atoms with van der Waals surface area (Å²) in [6.07, 6.45) is 2.48. The van der Waals surface area contributed by atoms with Crippen LogP contribution in [0.4, 0.5) is 0 Å². The highest BCUT2D eigenvalue weighted by atomic mass is 16.5. The molecule has 1 N–H and O–H groups in total. The van der Waals surface area contributed by atoms with E-state index in [0.717, 1.165) is 0 Å². The van der Waals surface area contributed by atoms with Gasteiger partial charge in [-0.05, 0) is 0 Å². The summed E-state index contributed by atoms with van der Waals surface area (Å²) in [6, 6.07) is 0. The number of hydrogen-bond acceptors (Lipinski definition) is 3. The van der Waals surface area contributed by atoms with Crippen molar-refractivity contribution in [3.05, 3.63) is 24.6 Å². The lowest BCUT2D eigenvalue weighted by Gasteiger charge is -2.20. The van der Waals surface area contributed by atoms with Crippen LogP contribution >= 0.6 is 0 Å². The Kier molecular flexibility index (Phi) is 2.84. The average Bonchev–Trinajstić information content (AvgIpc) is 2.03. The highest BCUT2D eigenvalue weighted by Crippen LogP contribution is 2.12. The maximum absolute atomic E-state index is 10.9. The number of ether oxygens (including phenoxy) is 1. The summed E-state index contributed by atoms with van der Waals surface area (Å²) < 4.78 is 5.10. The number of hydrogen-bond donors (Lipinski definition) is 1.